The van der Waals surface area contributed by atoms with E-state index in [2.05, 4.69) is 17.0 Å². The van der Waals surface area contributed by atoms with E-state index in [4.69, 9.17) is 23.2 Å². The summed E-state index contributed by atoms with van der Waals surface area (Å²) >= 11 is 12.6. The minimum atomic E-state index is -0.354. The summed E-state index contributed by atoms with van der Waals surface area (Å²) in [6.45, 7) is 3.50. The van der Waals surface area contributed by atoms with Gasteiger partial charge >= 0.3 is 0 Å². The fourth-order valence-electron chi connectivity index (χ4n) is 5.56. The molecule has 194 valence electrons. The van der Waals surface area contributed by atoms with Crippen molar-refractivity contribution in [3.8, 4) is 0 Å². The Kier molecular flexibility index (Phi) is 9.07. The van der Waals surface area contributed by atoms with Gasteiger partial charge in [-0.25, -0.2) is 0 Å². The summed E-state index contributed by atoms with van der Waals surface area (Å²) in [6, 6.07) is 25.6. The Balaban J connectivity index is 1.59. The number of Topliss-reactive ketones (excluding diaryl/α,β-unsaturated/α-hetero) is 1. The van der Waals surface area contributed by atoms with Crippen LogP contribution in [0.1, 0.15) is 66.6 Å². The predicted molar refractivity (Wildman–Crippen MR) is 151 cm³/mol. The van der Waals surface area contributed by atoms with Crippen molar-refractivity contribution in [3.05, 3.63) is 106 Å². The lowest BCUT2D eigenvalue weighted by Crippen LogP contribution is -2.54. The van der Waals surface area contributed by atoms with E-state index in [1.54, 1.807) is 0 Å². The van der Waals surface area contributed by atoms with Crippen molar-refractivity contribution in [2.24, 2.45) is 0 Å². The van der Waals surface area contributed by atoms with Gasteiger partial charge in [-0.1, -0.05) is 96.9 Å². The molecule has 0 radical (unpaired) electrons. The molecule has 0 aliphatic carbocycles. The number of carbonyl (C=O) groups is 2. The number of hydrogen-bond acceptors (Lipinski definition) is 3. The summed E-state index contributed by atoms with van der Waals surface area (Å²) in [6.07, 6.45) is 3.20. The summed E-state index contributed by atoms with van der Waals surface area (Å²) in [7, 11) is 1.93. The standard InChI is InChI=1S/C31H34Cl2N2O2/c1-3-30(37)34(2)31(25-12-8-5-9-13-25)18-20-35(21-19-31)28(24-14-15-26(32)27(33)22-24)16-17-29(36)23-10-6-4-7-11-23/h4-15,22,28H,3,16-21H2,1-2H3. The van der Waals surface area contributed by atoms with E-state index in [-0.39, 0.29) is 23.3 Å². The molecule has 1 atom stereocenters. The molecule has 1 fully saturated rings. The van der Waals surface area contributed by atoms with Crippen molar-refractivity contribution in [2.45, 2.75) is 50.6 Å². The Labute approximate surface area is 230 Å². The second kappa shape index (κ2) is 12.3. The molecule has 0 N–H and O–H groups in total. The maximum Gasteiger partial charge on any atom is 0.222 e. The van der Waals surface area contributed by atoms with Crippen LogP contribution in [0.15, 0.2) is 78.9 Å². The van der Waals surface area contributed by atoms with Crippen LogP contribution in [-0.4, -0.2) is 41.6 Å². The zero-order valence-electron chi connectivity index (χ0n) is 21.5. The molecule has 0 aromatic heterocycles. The summed E-state index contributed by atoms with van der Waals surface area (Å²) in [4.78, 5) is 30.2. The molecule has 6 heteroatoms. The molecule has 4 nitrogen and oxygen atoms in total. The molecule has 0 saturated carbocycles. The van der Waals surface area contributed by atoms with Gasteiger partial charge in [-0.15, -0.1) is 0 Å². The number of likely N-dealkylation sites (tertiary alicyclic amines) is 1. The molecule has 0 spiro atoms. The third-order valence-corrected chi connectivity index (χ3v) is 8.50. The Morgan fingerprint density at radius 2 is 1.54 bits per heavy atom. The lowest BCUT2D eigenvalue weighted by molar-refractivity contribution is -0.138. The quantitative estimate of drug-likeness (QED) is 0.265. The summed E-state index contributed by atoms with van der Waals surface area (Å²) < 4.78 is 0. The third-order valence-electron chi connectivity index (χ3n) is 7.76. The number of benzene rings is 3. The van der Waals surface area contributed by atoms with Gasteiger partial charge in [0.15, 0.2) is 5.78 Å². The number of ketones is 1. The fourth-order valence-corrected chi connectivity index (χ4v) is 5.87. The average Bonchev–Trinajstić information content (AvgIpc) is 2.95. The van der Waals surface area contributed by atoms with E-state index >= 15 is 0 Å². The number of amides is 1. The second-order valence-electron chi connectivity index (χ2n) is 9.76. The van der Waals surface area contributed by atoms with Crippen LogP contribution >= 0.6 is 23.2 Å². The highest BCUT2D eigenvalue weighted by molar-refractivity contribution is 6.42. The smallest absolute Gasteiger partial charge is 0.222 e. The average molecular weight is 538 g/mol. The van der Waals surface area contributed by atoms with E-state index in [0.717, 1.165) is 37.1 Å². The van der Waals surface area contributed by atoms with Crippen LogP contribution in [0.5, 0.6) is 0 Å². The lowest BCUT2D eigenvalue weighted by Gasteiger charge is -2.49. The number of nitrogens with zero attached hydrogens (tertiary/aromatic N) is 2. The largest absolute Gasteiger partial charge is 0.336 e. The molecule has 1 amide bonds. The third kappa shape index (κ3) is 6.09. The zero-order valence-corrected chi connectivity index (χ0v) is 23.0. The van der Waals surface area contributed by atoms with Crippen molar-refractivity contribution in [1.29, 1.82) is 0 Å². The van der Waals surface area contributed by atoms with Crippen molar-refractivity contribution < 1.29 is 9.59 Å². The van der Waals surface area contributed by atoms with Crippen molar-refractivity contribution in [3.63, 3.8) is 0 Å². The van der Waals surface area contributed by atoms with Crippen LogP contribution < -0.4 is 0 Å². The summed E-state index contributed by atoms with van der Waals surface area (Å²) in [5.41, 5.74) is 2.61. The molecule has 3 aromatic rings. The fraction of sp³-hybridized carbons (Fsp3) is 0.355. The topological polar surface area (TPSA) is 40.6 Å². The van der Waals surface area contributed by atoms with Gasteiger partial charge in [-0.05, 0) is 42.5 Å². The van der Waals surface area contributed by atoms with Gasteiger partial charge in [0, 0.05) is 44.6 Å². The number of hydrogen-bond donors (Lipinski definition) is 0. The van der Waals surface area contributed by atoms with Crippen LogP contribution in [0, 0.1) is 0 Å². The normalized spacial score (nSPS) is 16.2. The van der Waals surface area contributed by atoms with Crippen molar-refractivity contribution in [2.75, 3.05) is 20.1 Å². The molecular weight excluding hydrogens is 503 g/mol. The minimum absolute atomic E-state index is 0.0170. The van der Waals surface area contributed by atoms with Gasteiger partial charge in [0.05, 0.1) is 15.6 Å². The Morgan fingerprint density at radius 1 is 0.919 bits per heavy atom. The first-order chi connectivity index (χ1) is 17.9. The van der Waals surface area contributed by atoms with Gasteiger partial charge < -0.3 is 4.90 Å². The van der Waals surface area contributed by atoms with Gasteiger partial charge in [-0.2, -0.15) is 0 Å². The lowest BCUT2D eigenvalue weighted by atomic mass is 9.78. The van der Waals surface area contributed by atoms with Crippen LogP contribution in [0.3, 0.4) is 0 Å². The number of piperidine rings is 1. The van der Waals surface area contributed by atoms with E-state index in [1.807, 2.05) is 85.6 Å². The highest BCUT2D eigenvalue weighted by Gasteiger charge is 2.42. The maximum atomic E-state index is 13.0. The molecule has 1 saturated heterocycles. The molecule has 1 aliphatic heterocycles. The van der Waals surface area contributed by atoms with E-state index < -0.39 is 0 Å². The SMILES string of the molecule is CCC(=O)N(C)C1(c2ccccc2)CCN(C(CCC(=O)c2ccccc2)c2ccc(Cl)c(Cl)c2)CC1. The van der Waals surface area contributed by atoms with Crippen LogP contribution in [0.2, 0.25) is 10.0 Å². The highest BCUT2D eigenvalue weighted by Crippen LogP contribution is 2.42. The summed E-state index contributed by atoms with van der Waals surface area (Å²) in [5.74, 6) is 0.279. The Morgan fingerprint density at radius 3 is 2.14 bits per heavy atom. The number of rotatable bonds is 9. The maximum absolute atomic E-state index is 13.0. The zero-order chi connectivity index (χ0) is 26.4. The molecule has 0 bridgehead atoms. The van der Waals surface area contributed by atoms with Crippen LogP contribution in [0.4, 0.5) is 0 Å². The molecule has 4 rings (SSSR count). The van der Waals surface area contributed by atoms with Crippen molar-refractivity contribution >= 4 is 34.9 Å². The summed E-state index contributed by atoms with van der Waals surface area (Å²) in [5, 5.41) is 1.04. The molecule has 1 heterocycles. The van der Waals surface area contributed by atoms with Crippen molar-refractivity contribution in [1.82, 2.24) is 9.80 Å². The molecular formula is C31H34Cl2N2O2. The first-order valence-corrected chi connectivity index (χ1v) is 13.7. The number of carbonyl (C=O) groups excluding carboxylic acids is 2. The molecule has 37 heavy (non-hydrogen) atoms. The molecule has 1 aliphatic rings. The monoisotopic (exact) mass is 536 g/mol. The minimum Gasteiger partial charge on any atom is -0.336 e. The first-order valence-electron chi connectivity index (χ1n) is 12.9. The Hall–Kier alpha value is -2.66. The van der Waals surface area contributed by atoms with Gasteiger partial charge in [0.1, 0.15) is 0 Å². The molecule has 3 aromatic carbocycles. The van der Waals surface area contributed by atoms with E-state index in [0.29, 0.717) is 29.3 Å². The van der Waals surface area contributed by atoms with Crippen LogP contribution in [-0.2, 0) is 10.3 Å². The van der Waals surface area contributed by atoms with Gasteiger partial charge in [0.2, 0.25) is 5.91 Å². The first kappa shape index (κ1) is 27.4. The van der Waals surface area contributed by atoms with Gasteiger partial charge in [0.25, 0.3) is 0 Å². The van der Waals surface area contributed by atoms with Gasteiger partial charge in [-0.3, -0.25) is 14.5 Å². The number of halogens is 2. The highest BCUT2D eigenvalue weighted by atomic mass is 35.5. The molecule has 1 unspecified atom stereocenters. The van der Waals surface area contributed by atoms with E-state index in [9.17, 15) is 9.59 Å². The Bertz CT molecular complexity index is 1210. The predicted octanol–water partition coefficient (Wildman–Crippen LogP) is 7.56. The van der Waals surface area contributed by atoms with E-state index in [1.165, 1.54) is 5.56 Å². The van der Waals surface area contributed by atoms with Crippen LogP contribution in [0.25, 0.3) is 0 Å². The second-order valence-corrected chi connectivity index (χ2v) is 10.6.